The molecule has 3 nitrogen and oxygen atoms in total. The van der Waals surface area contributed by atoms with E-state index >= 15 is 0 Å². The van der Waals surface area contributed by atoms with Crippen molar-refractivity contribution >= 4 is 5.84 Å². The number of aliphatic hydroxyl groups is 1. The molecular weight excluding hydrogens is 224 g/mol. The lowest BCUT2D eigenvalue weighted by Crippen LogP contribution is -2.42. The molecule has 3 heteroatoms. The molecule has 2 heterocycles. The molecule has 1 atom stereocenters. The van der Waals surface area contributed by atoms with Crippen LogP contribution in [0.4, 0.5) is 0 Å². The van der Waals surface area contributed by atoms with Crippen LogP contribution < -0.4 is 0 Å². The van der Waals surface area contributed by atoms with Crippen molar-refractivity contribution in [3.8, 4) is 0 Å². The SMILES string of the molecule is CCCCCC1(O)c2ccccc2C2=NCCN21. The molecule has 0 saturated carbocycles. The van der Waals surface area contributed by atoms with Gasteiger partial charge in [-0.3, -0.25) is 4.99 Å². The second kappa shape index (κ2) is 4.39. The van der Waals surface area contributed by atoms with E-state index < -0.39 is 5.72 Å². The summed E-state index contributed by atoms with van der Waals surface area (Å²) in [6.07, 6.45) is 4.21. The van der Waals surface area contributed by atoms with Gasteiger partial charge in [0.1, 0.15) is 5.84 Å². The maximum Gasteiger partial charge on any atom is 0.166 e. The van der Waals surface area contributed by atoms with Gasteiger partial charge in [-0.2, -0.15) is 0 Å². The molecule has 0 aromatic heterocycles. The number of unbranched alkanes of at least 4 members (excludes halogenated alkanes) is 2. The van der Waals surface area contributed by atoms with Gasteiger partial charge in [-0.15, -0.1) is 0 Å². The minimum absolute atomic E-state index is 0.802. The first-order valence-electron chi connectivity index (χ1n) is 6.91. The average molecular weight is 244 g/mol. The number of amidine groups is 1. The third kappa shape index (κ3) is 1.57. The van der Waals surface area contributed by atoms with Crippen LogP contribution >= 0.6 is 0 Å². The topological polar surface area (TPSA) is 35.8 Å². The van der Waals surface area contributed by atoms with Crippen LogP contribution in [-0.2, 0) is 5.72 Å². The molecular formula is C15H20N2O. The molecule has 0 spiro atoms. The van der Waals surface area contributed by atoms with Gasteiger partial charge in [0.05, 0.1) is 6.54 Å². The Morgan fingerprint density at radius 2 is 2.17 bits per heavy atom. The number of hydrogen-bond acceptors (Lipinski definition) is 3. The lowest BCUT2D eigenvalue weighted by atomic mass is 9.95. The molecule has 2 aliphatic rings. The van der Waals surface area contributed by atoms with Gasteiger partial charge in [0.2, 0.25) is 0 Å². The maximum absolute atomic E-state index is 11.1. The predicted molar refractivity (Wildman–Crippen MR) is 72.6 cm³/mol. The number of fused-ring (bicyclic) bond motifs is 3. The van der Waals surface area contributed by atoms with Gasteiger partial charge < -0.3 is 10.0 Å². The monoisotopic (exact) mass is 244 g/mol. The Bertz CT molecular complexity index is 483. The van der Waals surface area contributed by atoms with Crippen LogP contribution in [0.25, 0.3) is 0 Å². The highest BCUT2D eigenvalue weighted by molar-refractivity contribution is 6.04. The van der Waals surface area contributed by atoms with E-state index in [0.717, 1.165) is 42.9 Å². The number of aliphatic imine (C=N–C) groups is 1. The van der Waals surface area contributed by atoms with Crippen molar-refractivity contribution in [2.45, 2.75) is 38.3 Å². The summed E-state index contributed by atoms with van der Waals surface area (Å²) in [5.74, 6) is 0.990. The summed E-state index contributed by atoms with van der Waals surface area (Å²) in [4.78, 5) is 6.64. The minimum Gasteiger partial charge on any atom is -0.367 e. The van der Waals surface area contributed by atoms with E-state index in [4.69, 9.17) is 0 Å². The standard InChI is InChI=1S/C15H20N2O/c1-2-3-6-9-15(18)13-8-5-4-7-12(13)14-16-10-11-17(14)15/h4-5,7-8,18H,2-3,6,9-11H2,1H3. The van der Waals surface area contributed by atoms with Crippen LogP contribution in [0, 0.1) is 0 Å². The van der Waals surface area contributed by atoms with Gasteiger partial charge >= 0.3 is 0 Å². The fraction of sp³-hybridized carbons (Fsp3) is 0.533. The van der Waals surface area contributed by atoms with Crippen LogP contribution in [0.5, 0.6) is 0 Å². The van der Waals surface area contributed by atoms with E-state index in [2.05, 4.69) is 22.9 Å². The minimum atomic E-state index is -0.818. The lowest BCUT2D eigenvalue weighted by molar-refractivity contribution is -0.0730. The Hall–Kier alpha value is -1.35. The van der Waals surface area contributed by atoms with Gasteiger partial charge in [-0.1, -0.05) is 44.0 Å². The zero-order valence-corrected chi connectivity index (χ0v) is 10.9. The van der Waals surface area contributed by atoms with Gasteiger partial charge in [0, 0.05) is 17.7 Å². The van der Waals surface area contributed by atoms with Crippen molar-refractivity contribution in [2.75, 3.05) is 13.1 Å². The summed E-state index contributed by atoms with van der Waals surface area (Å²) in [5.41, 5.74) is 1.34. The van der Waals surface area contributed by atoms with E-state index in [9.17, 15) is 5.11 Å². The molecule has 18 heavy (non-hydrogen) atoms. The molecule has 2 aliphatic heterocycles. The van der Waals surface area contributed by atoms with E-state index in [1.54, 1.807) is 0 Å². The van der Waals surface area contributed by atoms with Crippen LogP contribution in [0.3, 0.4) is 0 Å². The van der Waals surface area contributed by atoms with Crippen LogP contribution in [0.15, 0.2) is 29.3 Å². The zero-order chi connectivity index (χ0) is 12.6. The highest BCUT2D eigenvalue weighted by atomic mass is 16.3. The molecule has 96 valence electrons. The molecule has 1 aromatic carbocycles. The number of benzene rings is 1. The summed E-state index contributed by atoms with van der Waals surface area (Å²) in [6.45, 7) is 3.84. The fourth-order valence-corrected chi connectivity index (χ4v) is 3.10. The molecule has 3 rings (SSSR count). The maximum atomic E-state index is 11.1. The summed E-state index contributed by atoms with van der Waals surface area (Å²) in [6, 6.07) is 8.15. The molecule has 0 saturated heterocycles. The van der Waals surface area contributed by atoms with E-state index in [1.165, 1.54) is 12.8 Å². The smallest absolute Gasteiger partial charge is 0.166 e. The Morgan fingerprint density at radius 1 is 1.33 bits per heavy atom. The summed E-state index contributed by atoms with van der Waals surface area (Å²) in [5, 5.41) is 11.1. The molecule has 1 aromatic rings. The van der Waals surface area contributed by atoms with Gasteiger partial charge in [-0.25, -0.2) is 0 Å². The Morgan fingerprint density at radius 3 is 3.00 bits per heavy atom. The average Bonchev–Trinajstić information content (AvgIpc) is 2.95. The molecule has 0 radical (unpaired) electrons. The van der Waals surface area contributed by atoms with Gasteiger partial charge in [0.25, 0.3) is 0 Å². The highest BCUT2D eigenvalue weighted by Crippen LogP contribution is 2.42. The Kier molecular flexibility index (Phi) is 2.86. The molecule has 0 amide bonds. The third-order valence-electron chi connectivity index (χ3n) is 4.02. The number of hydrogen-bond donors (Lipinski definition) is 1. The predicted octanol–water partition coefficient (Wildman–Crippen LogP) is 2.49. The quantitative estimate of drug-likeness (QED) is 0.826. The summed E-state index contributed by atoms with van der Waals surface area (Å²) >= 11 is 0. The van der Waals surface area contributed by atoms with Crippen molar-refractivity contribution in [3.05, 3.63) is 35.4 Å². The second-order valence-corrected chi connectivity index (χ2v) is 5.18. The Labute approximate surface area is 108 Å². The Balaban J connectivity index is 1.97. The van der Waals surface area contributed by atoms with E-state index in [1.807, 2.05) is 18.2 Å². The summed E-state index contributed by atoms with van der Waals surface area (Å²) < 4.78 is 0. The van der Waals surface area contributed by atoms with E-state index in [0.29, 0.717) is 0 Å². The number of rotatable bonds is 4. The second-order valence-electron chi connectivity index (χ2n) is 5.18. The van der Waals surface area contributed by atoms with Crippen molar-refractivity contribution in [1.82, 2.24) is 4.90 Å². The molecule has 1 unspecified atom stereocenters. The fourth-order valence-electron chi connectivity index (χ4n) is 3.10. The van der Waals surface area contributed by atoms with Crippen LogP contribution in [-0.4, -0.2) is 28.9 Å². The van der Waals surface area contributed by atoms with Crippen molar-refractivity contribution in [2.24, 2.45) is 4.99 Å². The van der Waals surface area contributed by atoms with Crippen LogP contribution in [0.1, 0.15) is 43.7 Å². The molecule has 0 bridgehead atoms. The van der Waals surface area contributed by atoms with Gasteiger partial charge in [0.15, 0.2) is 5.72 Å². The zero-order valence-electron chi connectivity index (χ0n) is 10.9. The van der Waals surface area contributed by atoms with E-state index in [-0.39, 0.29) is 0 Å². The lowest BCUT2D eigenvalue weighted by Gasteiger charge is -2.33. The first-order valence-corrected chi connectivity index (χ1v) is 6.91. The first kappa shape index (κ1) is 11.7. The van der Waals surface area contributed by atoms with Crippen molar-refractivity contribution in [3.63, 3.8) is 0 Å². The molecule has 0 aliphatic carbocycles. The number of nitrogens with zero attached hydrogens (tertiary/aromatic N) is 2. The summed E-state index contributed by atoms with van der Waals surface area (Å²) in [7, 11) is 0. The van der Waals surface area contributed by atoms with Gasteiger partial charge in [-0.05, 0) is 12.8 Å². The van der Waals surface area contributed by atoms with Crippen molar-refractivity contribution in [1.29, 1.82) is 0 Å². The first-order chi connectivity index (χ1) is 8.77. The molecule has 1 N–H and O–H groups in total. The highest BCUT2D eigenvalue weighted by Gasteiger charge is 2.47. The van der Waals surface area contributed by atoms with Crippen LogP contribution in [0.2, 0.25) is 0 Å². The largest absolute Gasteiger partial charge is 0.367 e. The third-order valence-corrected chi connectivity index (χ3v) is 4.02. The molecule has 0 fully saturated rings. The normalized spacial score (nSPS) is 25.0. The van der Waals surface area contributed by atoms with Crippen molar-refractivity contribution < 1.29 is 5.11 Å².